The second kappa shape index (κ2) is 8.72. The molecule has 3 aromatic carbocycles. The summed E-state index contributed by atoms with van der Waals surface area (Å²) in [7, 11) is 1.54. The van der Waals surface area contributed by atoms with Crippen molar-refractivity contribution < 1.29 is 28.2 Å². The van der Waals surface area contributed by atoms with Crippen LogP contribution in [0.2, 0.25) is 0 Å². The first-order valence-corrected chi connectivity index (χ1v) is 11.6. The van der Waals surface area contributed by atoms with Crippen molar-refractivity contribution in [3.05, 3.63) is 94.4 Å². The Labute approximate surface area is 209 Å². The van der Waals surface area contributed by atoms with Gasteiger partial charge in [0.15, 0.2) is 17.1 Å². The lowest BCUT2D eigenvalue weighted by Gasteiger charge is -2.18. The molecule has 0 bridgehead atoms. The van der Waals surface area contributed by atoms with Gasteiger partial charge in [0.25, 0.3) is 0 Å². The third kappa shape index (κ3) is 4.26. The maximum Gasteiger partial charge on any atom is 0.379 e. The molecule has 0 atom stereocenters. The van der Waals surface area contributed by atoms with Crippen LogP contribution in [-0.4, -0.2) is 18.9 Å². The summed E-state index contributed by atoms with van der Waals surface area (Å²) >= 11 is 0. The summed E-state index contributed by atoms with van der Waals surface area (Å²) in [6.07, 6.45) is 1.72. The first-order chi connectivity index (χ1) is 17.1. The van der Waals surface area contributed by atoms with Gasteiger partial charge in [-0.15, -0.1) is 0 Å². The number of methoxy groups -OCH3 is 1. The van der Waals surface area contributed by atoms with Crippen LogP contribution >= 0.6 is 0 Å². The molecule has 0 spiro atoms. The first kappa shape index (κ1) is 23.4. The van der Waals surface area contributed by atoms with Crippen molar-refractivity contribution in [3.8, 4) is 17.2 Å². The van der Waals surface area contributed by atoms with Crippen LogP contribution in [0.1, 0.15) is 58.4 Å². The standard InChI is InChI=1S/C30H26O6/c1-17-13-21(34-29(32)25-15-19-7-6-8-22(33-5)28(19)36-25)16-23-26(17)27(31)24(35-23)14-18-9-11-20(12-10-18)30(2,3)4/h6-16H,1-5H3/b24-14-. The molecule has 6 heteroatoms. The summed E-state index contributed by atoms with van der Waals surface area (Å²) in [6.45, 7) is 8.24. The zero-order valence-electron chi connectivity index (χ0n) is 20.8. The van der Waals surface area contributed by atoms with Gasteiger partial charge in [-0.3, -0.25) is 4.79 Å². The monoisotopic (exact) mass is 482 g/mol. The Morgan fingerprint density at radius 2 is 1.75 bits per heavy atom. The number of rotatable bonds is 4. The number of esters is 1. The lowest BCUT2D eigenvalue weighted by atomic mass is 9.86. The highest BCUT2D eigenvalue weighted by Crippen LogP contribution is 2.38. The SMILES string of the molecule is COc1cccc2cc(C(=O)Oc3cc(C)c4c(c3)O/C(=C\c3ccc(C(C)(C)C)cc3)C4=O)oc12. The molecule has 0 radical (unpaired) electrons. The van der Waals surface area contributed by atoms with Gasteiger partial charge in [-0.25, -0.2) is 4.79 Å². The average molecular weight is 483 g/mol. The van der Waals surface area contributed by atoms with Gasteiger partial charge in [0, 0.05) is 11.5 Å². The van der Waals surface area contributed by atoms with E-state index in [1.165, 1.54) is 12.7 Å². The number of benzene rings is 3. The van der Waals surface area contributed by atoms with Crippen molar-refractivity contribution in [1.29, 1.82) is 0 Å². The molecular formula is C30H26O6. The molecule has 0 saturated carbocycles. The van der Waals surface area contributed by atoms with E-state index >= 15 is 0 Å². The minimum absolute atomic E-state index is 0.0426. The molecular weight excluding hydrogens is 456 g/mol. The smallest absolute Gasteiger partial charge is 0.379 e. The number of ether oxygens (including phenoxy) is 3. The van der Waals surface area contributed by atoms with Crippen molar-refractivity contribution in [2.24, 2.45) is 0 Å². The van der Waals surface area contributed by atoms with E-state index in [2.05, 4.69) is 32.9 Å². The number of allylic oxidation sites excluding steroid dienone is 1. The molecule has 0 saturated heterocycles. The molecule has 182 valence electrons. The van der Waals surface area contributed by atoms with E-state index in [0.29, 0.717) is 28.2 Å². The first-order valence-electron chi connectivity index (χ1n) is 11.6. The zero-order valence-corrected chi connectivity index (χ0v) is 20.8. The van der Waals surface area contributed by atoms with Gasteiger partial charge in [0.05, 0.1) is 12.7 Å². The zero-order chi connectivity index (χ0) is 25.6. The number of hydrogen-bond donors (Lipinski definition) is 0. The van der Waals surface area contributed by atoms with Gasteiger partial charge < -0.3 is 18.6 Å². The highest BCUT2D eigenvalue weighted by molar-refractivity contribution is 6.15. The van der Waals surface area contributed by atoms with Gasteiger partial charge in [-0.1, -0.05) is 57.2 Å². The minimum Gasteiger partial charge on any atom is -0.493 e. The number of furan rings is 1. The highest BCUT2D eigenvalue weighted by Gasteiger charge is 2.30. The Kier molecular flexibility index (Phi) is 5.67. The lowest BCUT2D eigenvalue weighted by Crippen LogP contribution is -2.10. The summed E-state index contributed by atoms with van der Waals surface area (Å²) in [5, 5.41) is 0.727. The number of carbonyl (C=O) groups excluding carboxylic acids is 2. The number of fused-ring (bicyclic) bond motifs is 2. The Morgan fingerprint density at radius 1 is 1.00 bits per heavy atom. The van der Waals surface area contributed by atoms with Crippen molar-refractivity contribution in [2.75, 3.05) is 7.11 Å². The summed E-state index contributed by atoms with van der Waals surface area (Å²) < 4.78 is 22.4. The van der Waals surface area contributed by atoms with Crippen molar-refractivity contribution in [1.82, 2.24) is 0 Å². The topological polar surface area (TPSA) is 75.0 Å². The van der Waals surface area contributed by atoms with Crippen LogP contribution in [0.4, 0.5) is 0 Å². The molecule has 6 nitrogen and oxygen atoms in total. The van der Waals surface area contributed by atoms with Gasteiger partial charge >= 0.3 is 5.97 Å². The molecule has 1 aliphatic heterocycles. The molecule has 0 amide bonds. The van der Waals surface area contributed by atoms with Gasteiger partial charge in [-0.05, 0) is 53.3 Å². The molecule has 1 aliphatic rings. The molecule has 0 fully saturated rings. The fourth-order valence-corrected chi connectivity index (χ4v) is 4.22. The number of hydrogen-bond acceptors (Lipinski definition) is 6. The predicted molar refractivity (Wildman–Crippen MR) is 137 cm³/mol. The highest BCUT2D eigenvalue weighted by atomic mass is 16.6. The maximum absolute atomic E-state index is 13.0. The Hall–Kier alpha value is -4.32. The van der Waals surface area contributed by atoms with Crippen LogP contribution < -0.4 is 14.2 Å². The maximum atomic E-state index is 13.0. The predicted octanol–water partition coefficient (Wildman–Crippen LogP) is 6.88. The van der Waals surface area contributed by atoms with Crippen molar-refractivity contribution in [2.45, 2.75) is 33.1 Å². The van der Waals surface area contributed by atoms with Crippen LogP contribution in [0.3, 0.4) is 0 Å². The van der Waals surface area contributed by atoms with E-state index in [0.717, 1.165) is 10.9 Å². The van der Waals surface area contributed by atoms with Crippen molar-refractivity contribution >= 4 is 28.8 Å². The van der Waals surface area contributed by atoms with Crippen LogP contribution in [0, 0.1) is 6.92 Å². The van der Waals surface area contributed by atoms with Gasteiger partial charge in [0.1, 0.15) is 11.5 Å². The molecule has 0 unspecified atom stereocenters. The molecule has 2 heterocycles. The normalized spacial score (nSPS) is 14.1. The van der Waals surface area contributed by atoms with Crippen molar-refractivity contribution in [3.63, 3.8) is 0 Å². The Morgan fingerprint density at radius 3 is 2.44 bits per heavy atom. The Balaban J connectivity index is 1.38. The van der Waals surface area contributed by atoms with E-state index in [4.69, 9.17) is 18.6 Å². The van der Waals surface area contributed by atoms with Gasteiger partial charge in [-0.2, -0.15) is 0 Å². The van der Waals surface area contributed by atoms with E-state index in [9.17, 15) is 9.59 Å². The molecule has 0 N–H and O–H groups in total. The fraction of sp³-hybridized carbons (Fsp3) is 0.200. The average Bonchev–Trinajstić information content (AvgIpc) is 3.40. The number of Topliss-reactive ketones (excluding diaryl/α,β-unsaturated/α-hetero) is 1. The number of ketones is 1. The largest absolute Gasteiger partial charge is 0.493 e. The third-order valence-electron chi connectivity index (χ3n) is 6.16. The molecule has 1 aromatic heterocycles. The molecule has 0 aliphatic carbocycles. The van der Waals surface area contributed by atoms with Gasteiger partial charge in [0.2, 0.25) is 11.5 Å². The van der Waals surface area contributed by atoms with E-state index in [-0.39, 0.29) is 28.5 Å². The van der Waals surface area contributed by atoms with E-state index in [1.54, 1.807) is 37.3 Å². The summed E-state index contributed by atoms with van der Waals surface area (Å²) in [4.78, 5) is 25.8. The summed E-state index contributed by atoms with van der Waals surface area (Å²) in [6, 6.07) is 18.2. The van der Waals surface area contributed by atoms with Crippen LogP contribution in [0.15, 0.2) is 70.8 Å². The fourth-order valence-electron chi connectivity index (χ4n) is 4.22. The molecule has 36 heavy (non-hydrogen) atoms. The molecule has 5 rings (SSSR count). The summed E-state index contributed by atoms with van der Waals surface area (Å²) in [5.41, 5.74) is 3.69. The second-order valence-electron chi connectivity index (χ2n) is 9.80. The minimum atomic E-state index is -0.661. The van der Waals surface area contributed by atoms with E-state index < -0.39 is 5.97 Å². The quantitative estimate of drug-likeness (QED) is 0.179. The number of carbonyl (C=O) groups is 2. The lowest BCUT2D eigenvalue weighted by molar-refractivity contribution is 0.0703. The third-order valence-corrected chi connectivity index (χ3v) is 6.16. The van der Waals surface area contributed by atoms with E-state index in [1.807, 2.05) is 24.3 Å². The van der Waals surface area contributed by atoms with Crippen LogP contribution in [-0.2, 0) is 5.41 Å². The number of para-hydroxylation sites is 1. The second-order valence-corrected chi connectivity index (χ2v) is 9.80. The Bertz CT molecular complexity index is 1530. The van der Waals surface area contributed by atoms with Crippen LogP contribution in [0.25, 0.3) is 17.0 Å². The van der Waals surface area contributed by atoms with Crippen LogP contribution in [0.5, 0.6) is 17.2 Å². The number of aryl methyl sites for hydroxylation is 1. The molecule has 4 aromatic rings. The summed E-state index contributed by atoms with van der Waals surface area (Å²) in [5.74, 6) is 0.544.